The van der Waals surface area contributed by atoms with Gasteiger partial charge in [0.25, 0.3) is 5.91 Å². The van der Waals surface area contributed by atoms with E-state index in [2.05, 4.69) is 22.0 Å². The zero-order valence-corrected chi connectivity index (χ0v) is 14.7. The highest BCUT2D eigenvalue weighted by atomic mass is 32.1. The molecule has 1 fully saturated rings. The number of carbonyl (C=O) groups is 1. The number of thiazole rings is 1. The van der Waals surface area contributed by atoms with E-state index in [1.165, 1.54) is 16.9 Å². The van der Waals surface area contributed by atoms with E-state index in [1.54, 1.807) is 0 Å². The monoisotopic (exact) mass is 345 g/mol. The van der Waals surface area contributed by atoms with Crippen LogP contribution in [-0.4, -0.2) is 65.1 Å². The van der Waals surface area contributed by atoms with Crippen LogP contribution in [0.4, 0.5) is 0 Å². The molecule has 2 heterocycles. The minimum absolute atomic E-state index is 0.00148. The molecule has 0 radical (unpaired) electrons. The quantitative estimate of drug-likeness (QED) is 0.899. The first kappa shape index (κ1) is 17.1. The molecule has 1 aliphatic rings. The number of nitrogens with zero attached hydrogens (tertiary/aromatic N) is 3. The van der Waals surface area contributed by atoms with Crippen LogP contribution >= 0.6 is 11.3 Å². The lowest BCUT2D eigenvalue weighted by Gasteiger charge is -2.39. The smallest absolute Gasteiger partial charge is 0.273 e. The van der Waals surface area contributed by atoms with Gasteiger partial charge in [-0.15, -0.1) is 11.3 Å². The van der Waals surface area contributed by atoms with Crippen molar-refractivity contribution in [2.45, 2.75) is 18.9 Å². The van der Waals surface area contributed by atoms with Crippen molar-refractivity contribution in [2.75, 3.05) is 33.3 Å². The number of rotatable bonds is 5. The Hall–Kier alpha value is -1.76. The number of amides is 1. The molecule has 6 heteroatoms. The van der Waals surface area contributed by atoms with Crippen molar-refractivity contribution < 1.29 is 9.90 Å². The summed E-state index contributed by atoms with van der Waals surface area (Å²) in [5.74, 6) is 0.00148. The highest BCUT2D eigenvalue weighted by Gasteiger charge is 2.28. The van der Waals surface area contributed by atoms with Crippen LogP contribution in [0, 0.1) is 0 Å². The molecule has 1 amide bonds. The molecule has 1 aliphatic heterocycles. The lowest BCUT2D eigenvalue weighted by Crippen LogP contribution is -2.53. The Morgan fingerprint density at radius 3 is 2.88 bits per heavy atom. The molecule has 1 aromatic carbocycles. The van der Waals surface area contributed by atoms with Gasteiger partial charge in [0.1, 0.15) is 5.69 Å². The van der Waals surface area contributed by atoms with E-state index in [0.717, 1.165) is 18.0 Å². The maximum Gasteiger partial charge on any atom is 0.273 e. The zero-order chi connectivity index (χ0) is 16.9. The summed E-state index contributed by atoms with van der Waals surface area (Å²) >= 11 is 1.54. The normalized spacial score (nSPS) is 18.8. The van der Waals surface area contributed by atoms with E-state index < -0.39 is 0 Å². The average molecular weight is 345 g/mol. The number of hydrogen-bond donors (Lipinski definition) is 1. The molecule has 1 atom stereocenters. The van der Waals surface area contributed by atoms with E-state index in [0.29, 0.717) is 25.2 Å². The Kier molecular flexibility index (Phi) is 5.60. The number of aromatic nitrogens is 1. The molecule has 1 aromatic heterocycles. The molecular formula is C18H23N3O2S. The number of likely N-dealkylation sites (N-methyl/N-ethyl adjacent to an activating group) is 1. The van der Waals surface area contributed by atoms with Crippen molar-refractivity contribution in [3.8, 4) is 0 Å². The first-order chi connectivity index (χ1) is 11.7. The number of piperazine rings is 1. The van der Waals surface area contributed by atoms with Crippen LogP contribution in [0.2, 0.25) is 0 Å². The van der Waals surface area contributed by atoms with Crippen molar-refractivity contribution in [2.24, 2.45) is 0 Å². The molecule has 5 nitrogen and oxygen atoms in total. The van der Waals surface area contributed by atoms with Gasteiger partial charge < -0.3 is 10.0 Å². The maximum atomic E-state index is 12.7. The fraction of sp³-hybridized carbons (Fsp3) is 0.444. The number of benzene rings is 1. The van der Waals surface area contributed by atoms with Gasteiger partial charge in [0.2, 0.25) is 0 Å². The highest BCUT2D eigenvalue weighted by Crippen LogP contribution is 2.18. The summed E-state index contributed by atoms with van der Waals surface area (Å²) in [6.45, 7) is 2.34. The van der Waals surface area contributed by atoms with Gasteiger partial charge in [-0.1, -0.05) is 30.3 Å². The molecular weight excluding hydrogens is 322 g/mol. The molecule has 0 bridgehead atoms. The molecule has 3 rings (SSSR count). The first-order valence-corrected chi connectivity index (χ1v) is 9.14. The lowest BCUT2D eigenvalue weighted by atomic mass is 10.1. The van der Waals surface area contributed by atoms with E-state index in [4.69, 9.17) is 0 Å². The minimum Gasteiger partial charge on any atom is -0.396 e. The van der Waals surface area contributed by atoms with E-state index >= 15 is 0 Å². The summed E-state index contributed by atoms with van der Waals surface area (Å²) in [6.07, 6.45) is 1.45. The third kappa shape index (κ3) is 4.01. The Morgan fingerprint density at radius 2 is 2.12 bits per heavy atom. The second-order valence-electron chi connectivity index (χ2n) is 6.19. The fourth-order valence-corrected chi connectivity index (χ4v) is 3.82. The van der Waals surface area contributed by atoms with Crippen LogP contribution in [-0.2, 0) is 6.42 Å². The Morgan fingerprint density at radius 1 is 1.33 bits per heavy atom. The van der Waals surface area contributed by atoms with Crippen LogP contribution in [0.3, 0.4) is 0 Å². The molecule has 2 aromatic rings. The topological polar surface area (TPSA) is 56.7 Å². The second-order valence-corrected chi connectivity index (χ2v) is 7.13. The summed E-state index contributed by atoms with van der Waals surface area (Å²) in [4.78, 5) is 21.3. The summed E-state index contributed by atoms with van der Waals surface area (Å²) in [5.41, 5.74) is 1.74. The third-order valence-electron chi connectivity index (χ3n) is 4.50. The van der Waals surface area contributed by atoms with Crippen molar-refractivity contribution in [3.05, 3.63) is 52.0 Å². The average Bonchev–Trinajstić information content (AvgIpc) is 3.06. The van der Waals surface area contributed by atoms with Crippen LogP contribution in [0.1, 0.15) is 27.5 Å². The van der Waals surface area contributed by atoms with Crippen LogP contribution < -0.4 is 0 Å². The molecule has 1 saturated heterocycles. The number of hydrogen-bond acceptors (Lipinski definition) is 5. The molecule has 0 aliphatic carbocycles. The molecule has 0 spiro atoms. The third-order valence-corrected chi connectivity index (χ3v) is 5.34. The molecule has 1 N–H and O–H groups in total. The second kappa shape index (κ2) is 7.88. The van der Waals surface area contributed by atoms with Crippen molar-refractivity contribution in [1.29, 1.82) is 0 Å². The van der Waals surface area contributed by atoms with Crippen LogP contribution in [0.15, 0.2) is 35.7 Å². The van der Waals surface area contributed by atoms with Crippen molar-refractivity contribution in [3.63, 3.8) is 0 Å². The largest absolute Gasteiger partial charge is 0.396 e. The summed E-state index contributed by atoms with van der Waals surface area (Å²) in [5, 5.41) is 12.0. The highest BCUT2D eigenvalue weighted by molar-refractivity contribution is 7.09. The van der Waals surface area contributed by atoms with Gasteiger partial charge in [-0.2, -0.15) is 0 Å². The van der Waals surface area contributed by atoms with E-state index in [9.17, 15) is 9.90 Å². The van der Waals surface area contributed by atoms with Crippen LogP contribution in [0.5, 0.6) is 0 Å². The number of aliphatic hydroxyl groups excluding tert-OH is 1. The standard InChI is InChI=1S/C18H23N3O2S/c1-20-8-9-21(12-15(20)7-10-22)18(23)16-13-24-17(19-16)11-14-5-3-2-4-6-14/h2-6,13,15,22H,7-12H2,1H3/t15-/m1/s1. The van der Waals surface area contributed by atoms with Gasteiger partial charge in [0, 0.05) is 44.1 Å². The first-order valence-electron chi connectivity index (χ1n) is 8.26. The fourth-order valence-electron chi connectivity index (χ4n) is 3.01. The molecule has 24 heavy (non-hydrogen) atoms. The van der Waals surface area contributed by atoms with Gasteiger partial charge >= 0.3 is 0 Å². The Labute approximate surface area is 146 Å². The predicted molar refractivity (Wildman–Crippen MR) is 95.4 cm³/mol. The Bertz CT molecular complexity index is 674. The van der Waals surface area contributed by atoms with Gasteiger partial charge in [-0.3, -0.25) is 9.69 Å². The molecule has 128 valence electrons. The van der Waals surface area contributed by atoms with Crippen molar-refractivity contribution >= 4 is 17.2 Å². The van der Waals surface area contributed by atoms with E-state index in [-0.39, 0.29) is 18.6 Å². The lowest BCUT2D eigenvalue weighted by molar-refractivity contribution is 0.0496. The minimum atomic E-state index is 0.00148. The van der Waals surface area contributed by atoms with E-state index in [1.807, 2.05) is 35.5 Å². The maximum absolute atomic E-state index is 12.7. The zero-order valence-electron chi connectivity index (χ0n) is 13.9. The van der Waals surface area contributed by atoms with Crippen LogP contribution in [0.25, 0.3) is 0 Å². The summed E-state index contributed by atoms with van der Waals surface area (Å²) < 4.78 is 0. The SMILES string of the molecule is CN1CCN(C(=O)c2csc(Cc3ccccc3)n2)C[C@H]1CCO. The summed E-state index contributed by atoms with van der Waals surface area (Å²) in [6, 6.07) is 10.4. The van der Waals surface area contributed by atoms with Gasteiger partial charge in [-0.25, -0.2) is 4.98 Å². The number of carbonyl (C=O) groups excluding carboxylic acids is 1. The molecule has 0 saturated carbocycles. The molecule has 0 unspecified atom stereocenters. The Balaban J connectivity index is 1.65. The van der Waals surface area contributed by atoms with Gasteiger partial charge in [0.05, 0.1) is 5.01 Å². The van der Waals surface area contributed by atoms with Crippen molar-refractivity contribution in [1.82, 2.24) is 14.8 Å². The van der Waals surface area contributed by atoms with Gasteiger partial charge in [-0.05, 0) is 19.0 Å². The summed E-state index contributed by atoms with van der Waals surface area (Å²) in [7, 11) is 2.04. The van der Waals surface area contributed by atoms with Gasteiger partial charge in [0.15, 0.2) is 0 Å². The predicted octanol–water partition coefficient (Wildman–Crippen LogP) is 1.87. The number of aliphatic hydroxyl groups is 1.